The van der Waals surface area contributed by atoms with Crippen molar-refractivity contribution in [1.29, 1.82) is 0 Å². The summed E-state index contributed by atoms with van der Waals surface area (Å²) in [5.41, 5.74) is 1.00. The van der Waals surface area contributed by atoms with E-state index in [9.17, 15) is 13.2 Å². The van der Waals surface area contributed by atoms with Crippen LogP contribution in [0.5, 0.6) is 0 Å². The van der Waals surface area contributed by atoms with Gasteiger partial charge in [0.25, 0.3) is 0 Å². The van der Waals surface area contributed by atoms with Crippen molar-refractivity contribution in [3.63, 3.8) is 0 Å². The van der Waals surface area contributed by atoms with Crippen LogP contribution in [0.4, 0.5) is 5.13 Å². The molecule has 28 heavy (non-hydrogen) atoms. The van der Waals surface area contributed by atoms with Gasteiger partial charge in [-0.2, -0.15) is 0 Å². The topological polar surface area (TPSA) is 76.1 Å². The summed E-state index contributed by atoms with van der Waals surface area (Å²) in [5.74, 6) is 0.765. The molecule has 1 heterocycles. The van der Waals surface area contributed by atoms with E-state index in [4.69, 9.17) is 0 Å². The fourth-order valence-corrected chi connectivity index (χ4v) is 8.74. The molecule has 7 heteroatoms. The number of benzene rings is 1. The normalized spacial score (nSPS) is 36.8. The zero-order valence-electron chi connectivity index (χ0n) is 16.5. The molecule has 150 valence electrons. The smallest absolute Gasteiger partial charge is 0.232 e. The fourth-order valence-electron chi connectivity index (χ4n) is 7.12. The molecule has 4 bridgehead atoms. The monoisotopic (exact) mass is 418 g/mol. The lowest BCUT2D eigenvalue weighted by atomic mass is 9.40. The Morgan fingerprint density at radius 1 is 1.14 bits per heavy atom. The van der Waals surface area contributed by atoms with Crippen LogP contribution < -0.4 is 5.32 Å². The Balaban J connectivity index is 1.44. The van der Waals surface area contributed by atoms with E-state index in [1.807, 2.05) is 0 Å². The molecule has 4 aliphatic carbocycles. The third-order valence-corrected chi connectivity index (χ3v) is 9.16. The molecule has 4 saturated carbocycles. The van der Waals surface area contributed by atoms with E-state index in [1.54, 1.807) is 18.2 Å². The first-order valence-corrected chi connectivity index (χ1v) is 12.6. The summed E-state index contributed by atoms with van der Waals surface area (Å²) in [6.07, 6.45) is 7.89. The van der Waals surface area contributed by atoms with Gasteiger partial charge in [0.05, 0.1) is 20.5 Å². The number of rotatable bonds is 3. The molecule has 0 radical (unpaired) electrons. The van der Waals surface area contributed by atoms with Gasteiger partial charge in [-0.15, -0.1) is 0 Å². The number of anilines is 1. The Kier molecular flexibility index (Phi) is 3.69. The maximum absolute atomic E-state index is 13.4. The molecule has 2 atom stereocenters. The molecule has 0 aliphatic heterocycles. The van der Waals surface area contributed by atoms with Gasteiger partial charge in [-0.05, 0) is 73.5 Å². The van der Waals surface area contributed by atoms with Gasteiger partial charge in [-0.1, -0.05) is 25.2 Å². The summed E-state index contributed by atoms with van der Waals surface area (Å²) in [5, 5.41) is 3.67. The molecule has 5 nitrogen and oxygen atoms in total. The highest BCUT2D eigenvalue weighted by molar-refractivity contribution is 7.90. The Morgan fingerprint density at radius 3 is 2.43 bits per heavy atom. The minimum Gasteiger partial charge on any atom is -0.301 e. The van der Waals surface area contributed by atoms with E-state index >= 15 is 0 Å². The van der Waals surface area contributed by atoms with Crippen molar-refractivity contribution < 1.29 is 13.2 Å². The van der Waals surface area contributed by atoms with Crippen LogP contribution in [0, 0.1) is 22.2 Å². The highest BCUT2D eigenvalue weighted by atomic mass is 32.2. The molecule has 1 aromatic carbocycles. The van der Waals surface area contributed by atoms with E-state index in [1.165, 1.54) is 36.9 Å². The number of hydrogen-bond acceptors (Lipinski definition) is 5. The SMILES string of the molecule is CC12CC3CC(C)(C1)CC(C(=O)Nc1nc4ccc(S(C)(=O)=O)cc4s1)(C3)C2. The second-order valence-corrected chi connectivity index (χ2v) is 13.3. The van der Waals surface area contributed by atoms with E-state index in [0.29, 0.717) is 11.0 Å². The van der Waals surface area contributed by atoms with Gasteiger partial charge in [0, 0.05) is 6.26 Å². The van der Waals surface area contributed by atoms with Crippen LogP contribution in [-0.4, -0.2) is 25.6 Å². The molecular formula is C21H26N2O3S2. The van der Waals surface area contributed by atoms with Crippen molar-refractivity contribution in [3.8, 4) is 0 Å². The van der Waals surface area contributed by atoms with Crippen LogP contribution in [0.1, 0.15) is 52.4 Å². The lowest BCUT2D eigenvalue weighted by Gasteiger charge is -2.64. The second kappa shape index (κ2) is 5.57. The van der Waals surface area contributed by atoms with Crippen molar-refractivity contribution in [2.45, 2.75) is 57.3 Å². The molecule has 1 N–H and O–H groups in total. The van der Waals surface area contributed by atoms with Crippen LogP contribution in [0.3, 0.4) is 0 Å². The Labute approximate surface area is 169 Å². The highest BCUT2D eigenvalue weighted by Gasteiger charge is 2.62. The minimum absolute atomic E-state index is 0.108. The number of nitrogens with one attached hydrogen (secondary N) is 1. The van der Waals surface area contributed by atoms with Gasteiger partial charge in [0.2, 0.25) is 5.91 Å². The molecule has 2 aromatic rings. The molecule has 4 fully saturated rings. The number of hydrogen-bond donors (Lipinski definition) is 1. The predicted octanol–water partition coefficient (Wildman–Crippen LogP) is 4.63. The third kappa shape index (κ3) is 2.89. The quantitative estimate of drug-likeness (QED) is 0.788. The molecule has 0 saturated heterocycles. The minimum atomic E-state index is -3.26. The number of amides is 1. The first kappa shape index (κ1) is 18.6. The maximum atomic E-state index is 13.4. The molecule has 1 amide bonds. The number of thiazole rings is 1. The fraction of sp³-hybridized carbons (Fsp3) is 0.619. The first-order valence-electron chi connectivity index (χ1n) is 9.90. The van der Waals surface area contributed by atoms with Crippen LogP contribution in [0.15, 0.2) is 23.1 Å². The van der Waals surface area contributed by atoms with Crippen molar-refractivity contribution >= 4 is 42.4 Å². The Bertz CT molecular complexity index is 1090. The van der Waals surface area contributed by atoms with Gasteiger partial charge >= 0.3 is 0 Å². The van der Waals surface area contributed by atoms with E-state index in [0.717, 1.165) is 29.5 Å². The number of aromatic nitrogens is 1. The molecule has 0 spiro atoms. The average Bonchev–Trinajstić information content (AvgIpc) is 2.91. The number of nitrogens with zero attached hydrogens (tertiary/aromatic N) is 1. The number of carbonyl (C=O) groups is 1. The second-order valence-electron chi connectivity index (χ2n) is 10.3. The molecule has 4 aliphatic rings. The van der Waals surface area contributed by atoms with Gasteiger partial charge in [-0.3, -0.25) is 4.79 Å². The third-order valence-electron chi connectivity index (χ3n) is 7.12. The summed E-state index contributed by atoms with van der Waals surface area (Å²) >= 11 is 1.35. The number of fused-ring (bicyclic) bond motifs is 1. The summed E-state index contributed by atoms with van der Waals surface area (Å²) in [4.78, 5) is 18.2. The summed E-state index contributed by atoms with van der Waals surface area (Å²) < 4.78 is 24.4. The predicted molar refractivity (Wildman–Crippen MR) is 111 cm³/mol. The molecule has 1 aromatic heterocycles. The van der Waals surface area contributed by atoms with Crippen molar-refractivity contribution in [3.05, 3.63) is 18.2 Å². The summed E-state index contributed by atoms with van der Waals surface area (Å²) in [6, 6.07) is 4.93. The van der Waals surface area contributed by atoms with E-state index in [-0.39, 0.29) is 27.0 Å². The van der Waals surface area contributed by atoms with E-state index in [2.05, 4.69) is 24.1 Å². The Morgan fingerprint density at radius 2 is 1.82 bits per heavy atom. The first-order chi connectivity index (χ1) is 13.0. The van der Waals surface area contributed by atoms with Gasteiger partial charge in [-0.25, -0.2) is 13.4 Å². The number of sulfone groups is 1. The maximum Gasteiger partial charge on any atom is 0.232 e. The lowest BCUT2D eigenvalue weighted by molar-refractivity contribution is -0.165. The van der Waals surface area contributed by atoms with Crippen LogP contribution >= 0.6 is 11.3 Å². The van der Waals surface area contributed by atoms with Crippen LogP contribution in [-0.2, 0) is 14.6 Å². The zero-order chi connectivity index (χ0) is 19.9. The Hall–Kier alpha value is -1.47. The standard InChI is InChI=1S/C21H26N2O3S2/c1-19-7-13-8-20(2,10-19)12-21(9-13,11-19)17(24)23-18-22-15-5-4-14(28(3,25)26)6-16(15)27-18/h4-6,13H,7-12H2,1-3H3,(H,22,23,24). The van der Waals surface area contributed by atoms with Crippen LogP contribution in [0.2, 0.25) is 0 Å². The van der Waals surface area contributed by atoms with Crippen LogP contribution in [0.25, 0.3) is 10.2 Å². The largest absolute Gasteiger partial charge is 0.301 e. The average molecular weight is 419 g/mol. The molecule has 6 rings (SSSR count). The van der Waals surface area contributed by atoms with Gasteiger partial charge in [0.15, 0.2) is 15.0 Å². The zero-order valence-corrected chi connectivity index (χ0v) is 18.2. The van der Waals surface area contributed by atoms with Gasteiger partial charge < -0.3 is 5.32 Å². The summed E-state index contributed by atoms with van der Waals surface area (Å²) in [7, 11) is -3.26. The van der Waals surface area contributed by atoms with E-state index < -0.39 is 9.84 Å². The lowest BCUT2D eigenvalue weighted by Crippen LogP contribution is -2.58. The van der Waals surface area contributed by atoms with Crippen molar-refractivity contribution in [2.75, 3.05) is 11.6 Å². The van der Waals surface area contributed by atoms with Crippen molar-refractivity contribution in [2.24, 2.45) is 22.2 Å². The van der Waals surface area contributed by atoms with Crippen molar-refractivity contribution in [1.82, 2.24) is 4.98 Å². The molecular weight excluding hydrogens is 392 g/mol. The molecule has 2 unspecified atom stereocenters. The summed E-state index contributed by atoms with van der Waals surface area (Å²) in [6.45, 7) is 4.73. The van der Waals surface area contributed by atoms with Gasteiger partial charge in [0.1, 0.15) is 0 Å². The highest BCUT2D eigenvalue weighted by Crippen LogP contribution is 2.69. The number of carbonyl (C=O) groups excluding carboxylic acids is 1.